The molecule has 0 aliphatic carbocycles. The molecule has 8 heteroatoms. The lowest BCUT2D eigenvalue weighted by molar-refractivity contribution is 0.634. The van der Waals surface area contributed by atoms with Crippen LogP contribution >= 0.6 is 0 Å². The molecule has 0 spiro atoms. The van der Waals surface area contributed by atoms with Crippen LogP contribution < -0.4 is 10.6 Å². The fourth-order valence-corrected chi connectivity index (χ4v) is 2.62. The van der Waals surface area contributed by atoms with Crippen molar-refractivity contribution in [1.29, 1.82) is 0 Å². The van der Waals surface area contributed by atoms with E-state index < -0.39 is 0 Å². The van der Waals surface area contributed by atoms with E-state index in [4.69, 9.17) is 0 Å². The highest BCUT2D eigenvalue weighted by Crippen LogP contribution is 2.14. The minimum atomic E-state index is 0.240. The van der Waals surface area contributed by atoms with Gasteiger partial charge >= 0.3 is 0 Å². The molecule has 0 aliphatic rings. The third kappa shape index (κ3) is 4.33. The molecule has 2 N–H and O–H groups in total. The number of hydrogen-bond acceptors (Lipinski definition) is 4. The average molecular weight is 332 g/mol. The van der Waals surface area contributed by atoms with Crippen molar-refractivity contribution >= 4 is 5.96 Å². The molecule has 0 amide bonds. The molecule has 132 valence electrons. The minimum absolute atomic E-state index is 0.240. The van der Waals surface area contributed by atoms with Crippen LogP contribution in [-0.2, 0) is 27.1 Å². The van der Waals surface area contributed by atoms with Gasteiger partial charge in [0.25, 0.3) is 0 Å². The molecule has 0 radical (unpaired) electrons. The number of guanidine groups is 1. The molecule has 0 saturated carbocycles. The van der Waals surface area contributed by atoms with E-state index in [-0.39, 0.29) is 6.04 Å². The number of aryl methyl sites for hydroxylation is 3. The summed E-state index contributed by atoms with van der Waals surface area (Å²) in [7, 11) is 3.90. The summed E-state index contributed by atoms with van der Waals surface area (Å²) in [5, 5.41) is 19.2. The van der Waals surface area contributed by atoms with Gasteiger partial charge in [0.15, 0.2) is 11.8 Å². The quantitative estimate of drug-likeness (QED) is 0.605. The number of rotatable bonds is 6. The van der Waals surface area contributed by atoms with Gasteiger partial charge in [-0.1, -0.05) is 0 Å². The Balaban J connectivity index is 2.02. The van der Waals surface area contributed by atoms with Crippen LogP contribution in [0, 0.1) is 13.8 Å². The molecule has 0 fully saturated rings. The largest absolute Gasteiger partial charge is 0.357 e. The van der Waals surface area contributed by atoms with Gasteiger partial charge in [-0.2, -0.15) is 5.10 Å². The van der Waals surface area contributed by atoms with Crippen molar-refractivity contribution in [2.24, 2.45) is 19.1 Å². The maximum absolute atomic E-state index is 4.60. The number of aliphatic imine (C=N–C) groups is 1. The summed E-state index contributed by atoms with van der Waals surface area (Å²) in [6.07, 6.45) is 2.58. The van der Waals surface area contributed by atoms with Crippen LogP contribution in [0.4, 0.5) is 0 Å². The predicted molar refractivity (Wildman–Crippen MR) is 94.8 cm³/mol. The third-order valence-corrected chi connectivity index (χ3v) is 4.08. The van der Waals surface area contributed by atoms with E-state index in [2.05, 4.69) is 58.6 Å². The first-order chi connectivity index (χ1) is 11.4. The monoisotopic (exact) mass is 332 g/mol. The zero-order chi connectivity index (χ0) is 17.7. The molecule has 8 nitrogen and oxygen atoms in total. The lowest BCUT2D eigenvalue weighted by Crippen LogP contribution is -2.43. The Hall–Kier alpha value is -2.38. The van der Waals surface area contributed by atoms with Crippen LogP contribution in [0.1, 0.15) is 36.6 Å². The molecule has 0 aromatic carbocycles. The van der Waals surface area contributed by atoms with E-state index >= 15 is 0 Å². The van der Waals surface area contributed by atoms with E-state index in [1.54, 1.807) is 6.33 Å². The molecule has 0 saturated heterocycles. The Labute approximate surface area is 143 Å². The fraction of sp³-hybridized carbons (Fsp3) is 0.625. The highest BCUT2D eigenvalue weighted by Gasteiger charge is 2.14. The summed E-state index contributed by atoms with van der Waals surface area (Å²) in [4.78, 5) is 4.60. The molecular formula is C16H28N8. The van der Waals surface area contributed by atoms with Gasteiger partial charge in [0, 0.05) is 32.4 Å². The third-order valence-electron chi connectivity index (χ3n) is 4.08. The van der Waals surface area contributed by atoms with Gasteiger partial charge in [-0.15, -0.1) is 10.2 Å². The highest BCUT2D eigenvalue weighted by atomic mass is 15.3. The highest BCUT2D eigenvalue weighted by molar-refractivity contribution is 5.80. The summed E-state index contributed by atoms with van der Waals surface area (Å²) in [6.45, 7) is 9.67. The SMILES string of the molecule is CCNC(=NCc1nncn1C)NC(C)Cc1c(C)nn(C)c1C. The first-order valence-electron chi connectivity index (χ1n) is 8.29. The molecule has 1 unspecified atom stereocenters. The molecule has 2 rings (SSSR count). The normalized spacial score (nSPS) is 13.2. The molecule has 2 aromatic rings. The van der Waals surface area contributed by atoms with Gasteiger partial charge in [0.05, 0.1) is 5.69 Å². The standard InChI is InChI=1S/C16H28N8/c1-7-17-16(18-9-15-21-19-10-23(15)5)20-11(2)8-14-12(3)22-24(6)13(14)4/h10-11H,7-9H2,1-6H3,(H2,17,18,20). The molecule has 0 aliphatic heterocycles. The fourth-order valence-electron chi connectivity index (χ4n) is 2.62. The number of hydrogen-bond donors (Lipinski definition) is 2. The van der Waals surface area contributed by atoms with Gasteiger partial charge in [0.1, 0.15) is 12.9 Å². The van der Waals surface area contributed by atoms with E-state index in [0.717, 1.165) is 30.4 Å². The average Bonchev–Trinajstić information content (AvgIpc) is 3.03. The molecule has 1 atom stereocenters. The van der Waals surface area contributed by atoms with Crippen LogP contribution in [0.15, 0.2) is 11.3 Å². The van der Waals surface area contributed by atoms with Crippen LogP contribution in [0.5, 0.6) is 0 Å². The summed E-state index contributed by atoms with van der Waals surface area (Å²) in [6, 6.07) is 0.240. The van der Waals surface area contributed by atoms with E-state index in [1.165, 1.54) is 11.3 Å². The second-order valence-electron chi connectivity index (χ2n) is 6.08. The number of nitrogens with one attached hydrogen (secondary N) is 2. The van der Waals surface area contributed by atoms with Crippen LogP contribution in [0.3, 0.4) is 0 Å². The van der Waals surface area contributed by atoms with Gasteiger partial charge in [-0.3, -0.25) is 4.68 Å². The Morgan fingerprint density at radius 3 is 2.62 bits per heavy atom. The first kappa shape index (κ1) is 18.0. The predicted octanol–water partition coefficient (Wildman–Crippen LogP) is 0.852. The lowest BCUT2D eigenvalue weighted by atomic mass is 10.1. The molecule has 2 heterocycles. The van der Waals surface area contributed by atoms with E-state index in [1.807, 2.05) is 23.3 Å². The topological polar surface area (TPSA) is 84.9 Å². The maximum Gasteiger partial charge on any atom is 0.191 e. The van der Waals surface area contributed by atoms with Gasteiger partial charge in [-0.05, 0) is 39.7 Å². The first-order valence-corrected chi connectivity index (χ1v) is 8.29. The Morgan fingerprint density at radius 2 is 2.08 bits per heavy atom. The smallest absolute Gasteiger partial charge is 0.191 e. The van der Waals surface area contributed by atoms with E-state index in [0.29, 0.717) is 6.54 Å². The molecule has 2 aromatic heterocycles. The van der Waals surface area contributed by atoms with Gasteiger partial charge < -0.3 is 15.2 Å². The summed E-state index contributed by atoms with van der Waals surface area (Å²) in [5.74, 6) is 1.62. The van der Waals surface area contributed by atoms with E-state index in [9.17, 15) is 0 Å². The van der Waals surface area contributed by atoms with Crippen molar-refractivity contribution in [3.05, 3.63) is 29.1 Å². The second kappa shape index (κ2) is 7.94. The van der Waals surface area contributed by atoms with Crippen molar-refractivity contribution in [3.63, 3.8) is 0 Å². The second-order valence-corrected chi connectivity index (χ2v) is 6.08. The number of aromatic nitrogens is 5. The zero-order valence-corrected chi connectivity index (χ0v) is 15.5. The van der Waals surface area contributed by atoms with Crippen molar-refractivity contribution in [3.8, 4) is 0 Å². The summed E-state index contributed by atoms with van der Waals surface area (Å²) in [5.41, 5.74) is 3.59. The van der Waals surface area contributed by atoms with Gasteiger partial charge in [-0.25, -0.2) is 4.99 Å². The van der Waals surface area contributed by atoms with Crippen molar-refractivity contribution in [1.82, 2.24) is 35.2 Å². The molecule has 24 heavy (non-hydrogen) atoms. The minimum Gasteiger partial charge on any atom is -0.357 e. The van der Waals surface area contributed by atoms with Crippen LogP contribution in [0.2, 0.25) is 0 Å². The van der Waals surface area contributed by atoms with Crippen molar-refractivity contribution < 1.29 is 0 Å². The maximum atomic E-state index is 4.60. The zero-order valence-electron chi connectivity index (χ0n) is 15.5. The van der Waals surface area contributed by atoms with Crippen molar-refractivity contribution in [2.75, 3.05) is 6.54 Å². The van der Waals surface area contributed by atoms with Crippen LogP contribution in [0.25, 0.3) is 0 Å². The number of nitrogens with zero attached hydrogens (tertiary/aromatic N) is 6. The summed E-state index contributed by atoms with van der Waals surface area (Å²) < 4.78 is 3.81. The van der Waals surface area contributed by atoms with Gasteiger partial charge in [0.2, 0.25) is 0 Å². The molecular weight excluding hydrogens is 304 g/mol. The summed E-state index contributed by atoms with van der Waals surface area (Å²) >= 11 is 0. The van der Waals surface area contributed by atoms with Crippen LogP contribution in [-0.4, -0.2) is 43.1 Å². The Bertz CT molecular complexity index is 697. The Morgan fingerprint density at radius 1 is 1.33 bits per heavy atom. The lowest BCUT2D eigenvalue weighted by Gasteiger charge is -2.18. The Kier molecular flexibility index (Phi) is 5.94. The molecule has 0 bridgehead atoms. The van der Waals surface area contributed by atoms with Crippen molar-refractivity contribution in [2.45, 2.75) is 46.7 Å².